The first-order valence-electron chi connectivity index (χ1n) is 10.9. The Labute approximate surface area is 196 Å². The van der Waals surface area contributed by atoms with Crippen LogP contribution in [-0.2, 0) is 18.3 Å². The van der Waals surface area contributed by atoms with E-state index in [9.17, 15) is 9.59 Å². The molecule has 0 radical (unpaired) electrons. The lowest BCUT2D eigenvalue weighted by atomic mass is 10.1. The summed E-state index contributed by atoms with van der Waals surface area (Å²) in [7, 11) is 3.45. The van der Waals surface area contributed by atoms with E-state index in [0.717, 1.165) is 11.3 Å². The zero-order valence-electron chi connectivity index (χ0n) is 19.1. The minimum atomic E-state index is -0.864. The van der Waals surface area contributed by atoms with Gasteiger partial charge in [-0.05, 0) is 24.6 Å². The van der Waals surface area contributed by atoms with Crippen molar-refractivity contribution < 1.29 is 14.3 Å². The quantitative estimate of drug-likeness (QED) is 0.506. The average Bonchev–Trinajstić information content (AvgIpc) is 3.16. The Bertz CT molecular complexity index is 1400. The second-order valence-electron chi connectivity index (χ2n) is 8.41. The Morgan fingerprint density at radius 2 is 1.79 bits per heavy atom. The van der Waals surface area contributed by atoms with Gasteiger partial charge in [0.1, 0.15) is 24.1 Å². The number of aromatic nitrogens is 4. The van der Waals surface area contributed by atoms with E-state index < -0.39 is 11.9 Å². The molecule has 34 heavy (non-hydrogen) atoms. The van der Waals surface area contributed by atoms with Gasteiger partial charge in [0.05, 0.1) is 16.7 Å². The third kappa shape index (κ3) is 4.07. The van der Waals surface area contributed by atoms with E-state index in [4.69, 9.17) is 4.74 Å². The van der Waals surface area contributed by atoms with Gasteiger partial charge < -0.3 is 15.0 Å². The molecule has 0 aliphatic carbocycles. The monoisotopic (exact) mass is 456 g/mol. The summed E-state index contributed by atoms with van der Waals surface area (Å²) < 4.78 is 7.58. The van der Waals surface area contributed by atoms with Crippen molar-refractivity contribution in [1.82, 2.24) is 25.1 Å². The lowest BCUT2D eigenvalue weighted by Gasteiger charge is -2.20. The molecule has 9 nitrogen and oxygen atoms in total. The number of rotatable bonds is 4. The fourth-order valence-electron chi connectivity index (χ4n) is 3.99. The third-order valence-electron chi connectivity index (χ3n) is 5.97. The van der Waals surface area contributed by atoms with Crippen LogP contribution >= 0.6 is 0 Å². The second kappa shape index (κ2) is 8.58. The predicted octanol–water partition coefficient (Wildman–Crippen LogP) is 2.42. The zero-order valence-corrected chi connectivity index (χ0v) is 19.1. The van der Waals surface area contributed by atoms with E-state index in [2.05, 4.69) is 44.6 Å². The van der Waals surface area contributed by atoms with Crippen molar-refractivity contribution in [2.45, 2.75) is 19.4 Å². The molecule has 172 valence electrons. The largest absolute Gasteiger partial charge is 0.489 e. The molecule has 3 heterocycles. The number of aryl methyl sites for hydroxylation is 2. The van der Waals surface area contributed by atoms with Gasteiger partial charge in [0.2, 0.25) is 0 Å². The van der Waals surface area contributed by atoms with Crippen LogP contribution in [0.2, 0.25) is 0 Å². The SMILES string of the molecule is Cc1ccc(Cc2cc(C(=O)N[C@H]3COc4cc5nccnc5cc4N(C)C3=O)nn2C)cc1. The smallest absolute Gasteiger partial charge is 0.272 e. The molecule has 2 aromatic carbocycles. The van der Waals surface area contributed by atoms with E-state index in [0.29, 0.717) is 28.9 Å². The summed E-state index contributed by atoms with van der Waals surface area (Å²) in [4.78, 5) is 36.2. The number of ether oxygens (including phenoxy) is 1. The van der Waals surface area contributed by atoms with Gasteiger partial charge in [0.25, 0.3) is 11.8 Å². The molecule has 2 aromatic heterocycles. The summed E-state index contributed by atoms with van der Waals surface area (Å²) in [5, 5.41) is 7.14. The minimum Gasteiger partial charge on any atom is -0.489 e. The number of carbonyl (C=O) groups excluding carboxylic acids is 2. The fourth-order valence-corrected chi connectivity index (χ4v) is 3.99. The van der Waals surface area contributed by atoms with Crippen LogP contribution in [0, 0.1) is 6.92 Å². The first kappa shape index (κ1) is 21.6. The molecule has 1 aliphatic heterocycles. The van der Waals surface area contributed by atoms with Gasteiger partial charge in [-0.25, -0.2) is 0 Å². The zero-order chi connectivity index (χ0) is 23.8. The van der Waals surface area contributed by atoms with Crippen LogP contribution in [-0.4, -0.2) is 51.3 Å². The van der Waals surface area contributed by atoms with Crippen molar-refractivity contribution >= 4 is 28.5 Å². The van der Waals surface area contributed by atoms with Gasteiger partial charge in [-0.15, -0.1) is 0 Å². The van der Waals surface area contributed by atoms with Crippen molar-refractivity contribution in [3.8, 4) is 5.75 Å². The van der Waals surface area contributed by atoms with Crippen LogP contribution < -0.4 is 15.0 Å². The minimum absolute atomic E-state index is 0.00323. The molecule has 0 saturated carbocycles. The van der Waals surface area contributed by atoms with Gasteiger partial charge in [0, 0.05) is 44.7 Å². The normalized spacial score (nSPS) is 15.6. The van der Waals surface area contributed by atoms with E-state index in [-0.39, 0.29) is 18.2 Å². The summed E-state index contributed by atoms with van der Waals surface area (Å²) in [5.41, 5.74) is 5.36. The van der Waals surface area contributed by atoms with Gasteiger partial charge >= 0.3 is 0 Å². The maximum Gasteiger partial charge on any atom is 0.272 e. The Kier molecular flexibility index (Phi) is 5.45. The van der Waals surface area contributed by atoms with Crippen LogP contribution in [0.1, 0.15) is 27.3 Å². The highest BCUT2D eigenvalue weighted by atomic mass is 16.5. The Hall–Kier alpha value is -4.27. The number of hydrogen-bond acceptors (Lipinski definition) is 6. The summed E-state index contributed by atoms with van der Waals surface area (Å²) >= 11 is 0. The molecule has 0 spiro atoms. The topological polar surface area (TPSA) is 102 Å². The van der Waals surface area contributed by atoms with E-state index in [1.807, 2.05) is 6.92 Å². The molecule has 0 saturated heterocycles. The molecule has 9 heteroatoms. The highest BCUT2D eigenvalue weighted by Gasteiger charge is 2.32. The van der Waals surface area contributed by atoms with Gasteiger partial charge in [-0.1, -0.05) is 29.8 Å². The van der Waals surface area contributed by atoms with Crippen molar-refractivity contribution in [2.24, 2.45) is 7.05 Å². The molecule has 0 fully saturated rings. The predicted molar refractivity (Wildman–Crippen MR) is 127 cm³/mol. The van der Waals surface area contributed by atoms with Crippen LogP contribution in [0.15, 0.2) is 54.9 Å². The fraction of sp³-hybridized carbons (Fsp3) is 0.240. The summed E-state index contributed by atoms with van der Waals surface area (Å²) in [5.74, 6) is -0.203. The first-order valence-corrected chi connectivity index (χ1v) is 10.9. The van der Waals surface area contributed by atoms with Crippen molar-refractivity contribution in [3.63, 3.8) is 0 Å². The number of benzene rings is 2. The molecular formula is C25H24N6O3. The van der Waals surface area contributed by atoms with E-state index in [1.165, 1.54) is 10.5 Å². The number of hydrogen-bond donors (Lipinski definition) is 1. The number of carbonyl (C=O) groups is 2. The maximum absolute atomic E-state index is 13.1. The van der Waals surface area contributed by atoms with Crippen LogP contribution in [0.25, 0.3) is 11.0 Å². The second-order valence-corrected chi connectivity index (χ2v) is 8.41. The lowest BCUT2D eigenvalue weighted by molar-refractivity contribution is -0.120. The highest BCUT2D eigenvalue weighted by molar-refractivity contribution is 6.04. The van der Waals surface area contributed by atoms with Crippen LogP contribution in [0.5, 0.6) is 5.75 Å². The van der Waals surface area contributed by atoms with E-state index >= 15 is 0 Å². The Morgan fingerprint density at radius 3 is 2.53 bits per heavy atom. The van der Waals surface area contributed by atoms with E-state index in [1.54, 1.807) is 49.4 Å². The summed E-state index contributed by atoms with van der Waals surface area (Å²) in [6, 6.07) is 12.6. The number of nitrogens with one attached hydrogen (secondary N) is 1. The molecule has 5 rings (SSSR count). The molecule has 0 bridgehead atoms. The van der Waals surface area contributed by atoms with Crippen LogP contribution in [0.3, 0.4) is 0 Å². The van der Waals surface area contributed by atoms with Crippen LogP contribution in [0.4, 0.5) is 5.69 Å². The van der Waals surface area contributed by atoms with Crippen molar-refractivity contribution in [2.75, 3.05) is 18.6 Å². The van der Waals surface area contributed by atoms with Gasteiger partial charge in [-0.3, -0.25) is 24.2 Å². The molecule has 2 amide bonds. The Balaban J connectivity index is 1.33. The highest BCUT2D eigenvalue weighted by Crippen LogP contribution is 2.33. The first-order chi connectivity index (χ1) is 16.4. The number of likely N-dealkylation sites (N-methyl/N-ethyl adjacent to an activating group) is 1. The summed E-state index contributed by atoms with van der Waals surface area (Å²) in [6.45, 7) is 2.04. The van der Waals surface area contributed by atoms with Gasteiger partial charge in [0.15, 0.2) is 0 Å². The van der Waals surface area contributed by atoms with Crippen molar-refractivity contribution in [1.29, 1.82) is 0 Å². The molecule has 1 aliphatic rings. The maximum atomic E-state index is 13.1. The standard InChI is InChI=1S/C25H24N6O3/c1-15-4-6-16(7-5-15)10-17-11-20(29-31(17)3)24(32)28-21-14-34-23-13-19-18(26-8-9-27-19)12-22(23)30(2)25(21)33/h4-9,11-13,21H,10,14H2,1-3H3,(H,28,32)/t21-/m0/s1. The average molecular weight is 457 g/mol. The molecular weight excluding hydrogens is 432 g/mol. The van der Waals surface area contributed by atoms with Gasteiger partial charge in [-0.2, -0.15) is 5.10 Å². The number of anilines is 1. The summed E-state index contributed by atoms with van der Waals surface area (Å²) in [6.07, 6.45) is 3.84. The molecule has 4 aromatic rings. The number of nitrogens with zero attached hydrogens (tertiary/aromatic N) is 5. The molecule has 0 unspecified atom stereocenters. The third-order valence-corrected chi connectivity index (χ3v) is 5.97. The number of amides is 2. The van der Waals surface area contributed by atoms with Crippen molar-refractivity contribution in [3.05, 3.63) is 77.4 Å². The lowest BCUT2D eigenvalue weighted by Crippen LogP contribution is -2.49. The Morgan fingerprint density at radius 1 is 1.09 bits per heavy atom. The number of fused-ring (bicyclic) bond motifs is 2. The molecule has 1 atom stereocenters. The molecule has 1 N–H and O–H groups in total.